The van der Waals surface area contributed by atoms with E-state index in [1.165, 1.54) is 0 Å². The fourth-order valence-corrected chi connectivity index (χ4v) is 3.13. The van der Waals surface area contributed by atoms with Gasteiger partial charge < -0.3 is 19.5 Å². The molecule has 0 bridgehead atoms. The lowest BCUT2D eigenvalue weighted by Crippen LogP contribution is -2.47. The summed E-state index contributed by atoms with van der Waals surface area (Å²) in [5.41, 5.74) is 0.851. The number of hydrogen-bond acceptors (Lipinski definition) is 4. The molecular weight excluding hydrogens is 298 g/mol. The Bertz CT molecular complexity index is 615. The van der Waals surface area contributed by atoms with Gasteiger partial charge in [0, 0.05) is 12.6 Å². The molecule has 3 rings (SSSR count). The molecule has 6 heteroatoms. The van der Waals surface area contributed by atoms with E-state index in [0.29, 0.717) is 37.7 Å². The molecule has 23 heavy (non-hydrogen) atoms. The van der Waals surface area contributed by atoms with Crippen molar-refractivity contribution in [2.24, 2.45) is 5.92 Å². The predicted octanol–water partition coefficient (Wildman–Crippen LogP) is 1.71. The summed E-state index contributed by atoms with van der Waals surface area (Å²) in [5, 5.41) is 9.18. The standard InChI is InChI=1S/C17H21NO5/c1-11-2-4-13(17(20)21)10-18(11)16(19)9-12-3-5-14-15(8-12)23-7-6-22-14/h3,5,8,11,13H,2,4,6-7,9-10H2,1H3,(H,20,21). The third-order valence-corrected chi connectivity index (χ3v) is 4.51. The molecule has 1 fully saturated rings. The Balaban J connectivity index is 1.69. The maximum absolute atomic E-state index is 12.6. The Morgan fingerprint density at radius 3 is 2.70 bits per heavy atom. The third-order valence-electron chi connectivity index (χ3n) is 4.51. The van der Waals surface area contributed by atoms with Crippen molar-refractivity contribution in [2.45, 2.75) is 32.2 Å². The van der Waals surface area contributed by atoms with Crippen molar-refractivity contribution in [3.63, 3.8) is 0 Å². The highest BCUT2D eigenvalue weighted by Crippen LogP contribution is 2.31. The second-order valence-corrected chi connectivity index (χ2v) is 6.16. The number of benzene rings is 1. The number of carboxylic acids is 1. The lowest BCUT2D eigenvalue weighted by molar-refractivity contribution is -0.146. The molecule has 2 heterocycles. The number of carbonyl (C=O) groups is 2. The van der Waals surface area contributed by atoms with Gasteiger partial charge in [-0.1, -0.05) is 6.07 Å². The van der Waals surface area contributed by atoms with Crippen LogP contribution in [-0.2, 0) is 16.0 Å². The molecule has 0 aromatic heterocycles. The van der Waals surface area contributed by atoms with E-state index < -0.39 is 11.9 Å². The molecule has 0 aliphatic carbocycles. The Morgan fingerprint density at radius 1 is 1.22 bits per heavy atom. The molecule has 1 saturated heterocycles. The van der Waals surface area contributed by atoms with Crippen LogP contribution in [-0.4, -0.2) is 47.7 Å². The summed E-state index contributed by atoms with van der Waals surface area (Å²) < 4.78 is 11.0. The number of nitrogens with zero attached hydrogens (tertiary/aromatic N) is 1. The second kappa shape index (κ2) is 6.48. The van der Waals surface area contributed by atoms with Crippen LogP contribution in [0.1, 0.15) is 25.3 Å². The summed E-state index contributed by atoms with van der Waals surface area (Å²) in [4.78, 5) is 25.4. The topological polar surface area (TPSA) is 76.1 Å². The molecular formula is C17H21NO5. The Hall–Kier alpha value is -2.24. The molecule has 1 aromatic rings. The maximum atomic E-state index is 12.6. The molecule has 2 aliphatic rings. The summed E-state index contributed by atoms with van der Waals surface area (Å²) in [6.45, 7) is 3.31. The van der Waals surface area contributed by atoms with Crippen LogP contribution < -0.4 is 9.47 Å². The number of aliphatic carboxylic acids is 1. The van der Waals surface area contributed by atoms with E-state index in [9.17, 15) is 14.7 Å². The molecule has 1 amide bonds. The largest absolute Gasteiger partial charge is 0.486 e. The predicted molar refractivity (Wildman–Crippen MR) is 82.7 cm³/mol. The van der Waals surface area contributed by atoms with Gasteiger partial charge in [0.15, 0.2) is 11.5 Å². The highest BCUT2D eigenvalue weighted by atomic mass is 16.6. The lowest BCUT2D eigenvalue weighted by atomic mass is 9.93. The molecule has 0 saturated carbocycles. The van der Waals surface area contributed by atoms with Crippen LogP contribution in [0.3, 0.4) is 0 Å². The summed E-state index contributed by atoms with van der Waals surface area (Å²) >= 11 is 0. The average molecular weight is 319 g/mol. The van der Waals surface area contributed by atoms with E-state index >= 15 is 0 Å². The van der Waals surface area contributed by atoms with Crippen molar-refractivity contribution in [2.75, 3.05) is 19.8 Å². The first-order valence-electron chi connectivity index (χ1n) is 7.95. The van der Waals surface area contributed by atoms with Gasteiger partial charge in [-0.15, -0.1) is 0 Å². The fraction of sp³-hybridized carbons (Fsp3) is 0.529. The van der Waals surface area contributed by atoms with Gasteiger partial charge >= 0.3 is 5.97 Å². The lowest BCUT2D eigenvalue weighted by Gasteiger charge is -2.36. The zero-order valence-corrected chi connectivity index (χ0v) is 13.2. The van der Waals surface area contributed by atoms with Gasteiger partial charge in [-0.05, 0) is 37.5 Å². The highest BCUT2D eigenvalue weighted by molar-refractivity contribution is 5.80. The number of carboxylic acid groups (broad SMARTS) is 1. The van der Waals surface area contributed by atoms with E-state index in [1.807, 2.05) is 25.1 Å². The minimum Gasteiger partial charge on any atom is -0.486 e. The van der Waals surface area contributed by atoms with E-state index in [0.717, 1.165) is 12.0 Å². The highest BCUT2D eigenvalue weighted by Gasteiger charge is 2.32. The number of ether oxygens (including phenoxy) is 2. The van der Waals surface area contributed by atoms with Crippen LogP contribution in [0.25, 0.3) is 0 Å². The number of amides is 1. The Morgan fingerprint density at radius 2 is 1.96 bits per heavy atom. The van der Waals surface area contributed by atoms with Crippen molar-refractivity contribution >= 4 is 11.9 Å². The maximum Gasteiger partial charge on any atom is 0.308 e. The van der Waals surface area contributed by atoms with Gasteiger partial charge in [-0.3, -0.25) is 9.59 Å². The van der Waals surface area contributed by atoms with E-state index in [2.05, 4.69) is 0 Å². The van der Waals surface area contributed by atoms with Crippen LogP contribution in [0.5, 0.6) is 11.5 Å². The van der Waals surface area contributed by atoms with Crippen LogP contribution in [0.2, 0.25) is 0 Å². The minimum atomic E-state index is -0.825. The van der Waals surface area contributed by atoms with Crippen molar-refractivity contribution in [1.82, 2.24) is 4.90 Å². The van der Waals surface area contributed by atoms with Crippen LogP contribution >= 0.6 is 0 Å². The zero-order chi connectivity index (χ0) is 16.4. The molecule has 2 unspecified atom stereocenters. The number of fused-ring (bicyclic) bond motifs is 1. The van der Waals surface area contributed by atoms with Crippen LogP contribution in [0.15, 0.2) is 18.2 Å². The van der Waals surface area contributed by atoms with Crippen LogP contribution in [0, 0.1) is 5.92 Å². The summed E-state index contributed by atoms with van der Waals surface area (Å²) in [7, 11) is 0. The van der Waals surface area contributed by atoms with Gasteiger partial charge in [0.1, 0.15) is 13.2 Å². The SMILES string of the molecule is CC1CCC(C(=O)O)CN1C(=O)Cc1ccc2c(c1)OCCO2. The summed E-state index contributed by atoms with van der Waals surface area (Å²) in [6, 6.07) is 5.58. The first kappa shape index (κ1) is 15.6. The van der Waals surface area contributed by atoms with E-state index in [4.69, 9.17) is 9.47 Å². The average Bonchev–Trinajstić information content (AvgIpc) is 2.54. The van der Waals surface area contributed by atoms with Crippen LogP contribution in [0.4, 0.5) is 0 Å². The number of piperidine rings is 1. The van der Waals surface area contributed by atoms with Gasteiger partial charge in [0.2, 0.25) is 5.91 Å². The second-order valence-electron chi connectivity index (χ2n) is 6.16. The van der Waals surface area contributed by atoms with Gasteiger partial charge in [0.25, 0.3) is 0 Å². The molecule has 1 aromatic carbocycles. The molecule has 2 atom stereocenters. The number of hydrogen-bond donors (Lipinski definition) is 1. The third kappa shape index (κ3) is 3.41. The molecule has 0 radical (unpaired) electrons. The van der Waals surface area contributed by atoms with Crippen molar-refractivity contribution < 1.29 is 24.2 Å². The first-order valence-corrected chi connectivity index (χ1v) is 7.95. The minimum absolute atomic E-state index is 0.0415. The molecule has 0 spiro atoms. The normalized spacial score (nSPS) is 23.4. The Labute approximate surface area is 135 Å². The zero-order valence-electron chi connectivity index (χ0n) is 13.2. The molecule has 2 aliphatic heterocycles. The molecule has 6 nitrogen and oxygen atoms in total. The number of likely N-dealkylation sites (tertiary alicyclic amines) is 1. The summed E-state index contributed by atoms with van der Waals surface area (Å²) in [6.07, 6.45) is 1.60. The number of carbonyl (C=O) groups excluding carboxylic acids is 1. The Kier molecular flexibility index (Phi) is 4.41. The van der Waals surface area contributed by atoms with Gasteiger partial charge in [-0.25, -0.2) is 0 Å². The van der Waals surface area contributed by atoms with Gasteiger partial charge in [-0.2, -0.15) is 0 Å². The van der Waals surface area contributed by atoms with Crippen molar-refractivity contribution in [3.8, 4) is 11.5 Å². The van der Waals surface area contributed by atoms with Crippen molar-refractivity contribution in [3.05, 3.63) is 23.8 Å². The summed E-state index contributed by atoms with van der Waals surface area (Å²) in [5.74, 6) is 0.0333. The van der Waals surface area contributed by atoms with E-state index in [1.54, 1.807) is 4.90 Å². The fourth-order valence-electron chi connectivity index (χ4n) is 3.13. The number of rotatable bonds is 3. The first-order chi connectivity index (χ1) is 11.0. The van der Waals surface area contributed by atoms with Crippen molar-refractivity contribution in [1.29, 1.82) is 0 Å². The van der Waals surface area contributed by atoms with E-state index in [-0.39, 0.29) is 18.4 Å². The quantitative estimate of drug-likeness (QED) is 0.918. The molecule has 124 valence electrons. The molecule has 1 N–H and O–H groups in total. The monoisotopic (exact) mass is 319 g/mol. The van der Waals surface area contributed by atoms with Gasteiger partial charge in [0.05, 0.1) is 12.3 Å². The smallest absolute Gasteiger partial charge is 0.308 e.